The minimum atomic E-state index is 0.00160. The van der Waals surface area contributed by atoms with Gasteiger partial charge in [0.15, 0.2) is 0 Å². The van der Waals surface area contributed by atoms with E-state index in [2.05, 4.69) is 15.6 Å². The standard InChI is InChI=1S/C10H14N4O/c11-8-2-1-3-9(14-8)12-6-10(15)13-7-4-5-7/h1-3,7H,4-6H2,(H,13,15)(H3,11,12,14). The summed E-state index contributed by atoms with van der Waals surface area (Å²) in [6.45, 7) is 0.243. The second-order valence-electron chi connectivity index (χ2n) is 3.64. The summed E-state index contributed by atoms with van der Waals surface area (Å²) in [5.41, 5.74) is 5.50. The topological polar surface area (TPSA) is 80.0 Å². The van der Waals surface area contributed by atoms with Gasteiger partial charge < -0.3 is 16.4 Å². The van der Waals surface area contributed by atoms with Crippen molar-refractivity contribution in [1.82, 2.24) is 10.3 Å². The molecule has 1 amide bonds. The van der Waals surface area contributed by atoms with Crippen LogP contribution in [0.25, 0.3) is 0 Å². The molecular weight excluding hydrogens is 192 g/mol. The number of anilines is 2. The number of aromatic nitrogens is 1. The highest BCUT2D eigenvalue weighted by Crippen LogP contribution is 2.18. The van der Waals surface area contributed by atoms with Crippen LogP contribution in [-0.2, 0) is 4.79 Å². The van der Waals surface area contributed by atoms with Crippen molar-refractivity contribution in [3.05, 3.63) is 18.2 Å². The second kappa shape index (κ2) is 4.16. The van der Waals surface area contributed by atoms with Crippen LogP contribution in [0.2, 0.25) is 0 Å². The maximum absolute atomic E-state index is 11.3. The van der Waals surface area contributed by atoms with Crippen LogP contribution >= 0.6 is 0 Å². The average molecular weight is 206 g/mol. The normalized spacial score (nSPS) is 14.7. The summed E-state index contributed by atoms with van der Waals surface area (Å²) in [7, 11) is 0. The molecule has 1 aliphatic carbocycles. The molecule has 5 nitrogen and oxygen atoms in total. The van der Waals surface area contributed by atoms with E-state index in [9.17, 15) is 4.79 Å². The second-order valence-corrected chi connectivity index (χ2v) is 3.64. The van der Waals surface area contributed by atoms with Crippen molar-refractivity contribution in [2.45, 2.75) is 18.9 Å². The fourth-order valence-electron chi connectivity index (χ4n) is 1.23. The molecule has 1 aromatic rings. The molecule has 15 heavy (non-hydrogen) atoms. The number of amides is 1. The molecule has 80 valence electrons. The minimum Gasteiger partial charge on any atom is -0.384 e. The Labute approximate surface area is 88.1 Å². The van der Waals surface area contributed by atoms with Crippen molar-refractivity contribution in [3.8, 4) is 0 Å². The van der Waals surface area contributed by atoms with Gasteiger partial charge in [0.1, 0.15) is 11.6 Å². The van der Waals surface area contributed by atoms with Crippen LogP contribution < -0.4 is 16.4 Å². The third-order valence-corrected chi connectivity index (χ3v) is 2.14. The Balaban J connectivity index is 1.78. The first-order valence-electron chi connectivity index (χ1n) is 5.00. The molecule has 2 rings (SSSR count). The number of pyridine rings is 1. The zero-order chi connectivity index (χ0) is 10.7. The maximum atomic E-state index is 11.3. The molecule has 1 aromatic heterocycles. The summed E-state index contributed by atoms with van der Waals surface area (Å²) in [6, 6.07) is 5.67. The van der Waals surface area contributed by atoms with Crippen molar-refractivity contribution < 1.29 is 4.79 Å². The smallest absolute Gasteiger partial charge is 0.239 e. The van der Waals surface area contributed by atoms with Gasteiger partial charge in [0.25, 0.3) is 0 Å². The van der Waals surface area contributed by atoms with Gasteiger partial charge >= 0.3 is 0 Å². The predicted octanol–water partition coefficient (Wildman–Crippen LogP) is 0.354. The number of hydrogen-bond acceptors (Lipinski definition) is 4. The van der Waals surface area contributed by atoms with Crippen LogP contribution in [0.1, 0.15) is 12.8 Å². The van der Waals surface area contributed by atoms with Gasteiger partial charge in [0.2, 0.25) is 5.91 Å². The fraction of sp³-hybridized carbons (Fsp3) is 0.400. The van der Waals surface area contributed by atoms with Gasteiger partial charge in [-0.15, -0.1) is 0 Å². The van der Waals surface area contributed by atoms with Gasteiger partial charge in [-0.3, -0.25) is 4.79 Å². The van der Waals surface area contributed by atoms with Gasteiger partial charge in [0.05, 0.1) is 6.54 Å². The SMILES string of the molecule is Nc1cccc(NCC(=O)NC2CC2)n1. The van der Waals surface area contributed by atoms with Gasteiger partial charge in [-0.1, -0.05) is 6.07 Å². The summed E-state index contributed by atoms with van der Waals surface area (Å²) in [6.07, 6.45) is 2.20. The summed E-state index contributed by atoms with van der Waals surface area (Å²) in [4.78, 5) is 15.3. The monoisotopic (exact) mass is 206 g/mol. The molecule has 1 aliphatic rings. The van der Waals surface area contributed by atoms with E-state index in [0.29, 0.717) is 17.7 Å². The van der Waals surface area contributed by atoms with Crippen LogP contribution in [0.3, 0.4) is 0 Å². The Bertz CT molecular complexity index is 362. The van der Waals surface area contributed by atoms with E-state index in [4.69, 9.17) is 5.73 Å². The first-order chi connectivity index (χ1) is 7.24. The molecule has 0 atom stereocenters. The molecule has 0 aromatic carbocycles. The highest BCUT2D eigenvalue weighted by Gasteiger charge is 2.22. The number of nitrogens with one attached hydrogen (secondary N) is 2. The third kappa shape index (κ3) is 3.12. The number of nitrogens with two attached hydrogens (primary N) is 1. The molecule has 1 saturated carbocycles. The summed E-state index contributed by atoms with van der Waals surface area (Å²) >= 11 is 0. The molecule has 4 N–H and O–H groups in total. The first kappa shape index (κ1) is 9.76. The number of rotatable bonds is 4. The van der Waals surface area contributed by atoms with Gasteiger partial charge in [-0.25, -0.2) is 4.98 Å². The largest absolute Gasteiger partial charge is 0.384 e. The van der Waals surface area contributed by atoms with E-state index in [1.807, 2.05) is 0 Å². The molecule has 5 heteroatoms. The van der Waals surface area contributed by atoms with E-state index in [0.717, 1.165) is 12.8 Å². The van der Waals surface area contributed by atoms with E-state index in [1.165, 1.54) is 0 Å². The van der Waals surface area contributed by atoms with Crippen LogP contribution in [0, 0.1) is 0 Å². The minimum absolute atomic E-state index is 0.00160. The fourth-order valence-corrected chi connectivity index (χ4v) is 1.23. The van der Waals surface area contributed by atoms with E-state index in [1.54, 1.807) is 18.2 Å². The van der Waals surface area contributed by atoms with E-state index in [-0.39, 0.29) is 12.5 Å². The number of nitrogens with zero attached hydrogens (tertiary/aromatic N) is 1. The lowest BCUT2D eigenvalue weighted by atomic mass is 10.4. The predicted molar refractivity (Wildman–Crippen MR) is 58.3 cm³/mol. The Hall–Kier alpha value is -1.78. The van der Waals surface area contributed by atoms with Crippen molar-refractivity contribution in [1.29, 1.82) is 0 Å². The number of carbonyl (C=O) groups excluding carboxylic acids is 1. The van der Waals surface area contributed by atoms with Crippen LogP contribution in [0.5, 0.6) is 0 Å². The lowest BCUT2D eigenvalue weighted by Gasteiger charge is -2.06. The lowest BCUT2D eigenvalue weighted by Crippen LogP contribution is -2.31. The molecule has 0 unspecified atom stereocenters. The van der Waals surface area contributed by atoms with Crippen LogP contribution in [-0.4, -0.2) is 23.5 Å². The van der Waals surface area contributed by atoms with Gasteiger partial charge in [-0.2, -0.15) is 0 Å². The van der Waals surface area contributed by atoms with Crippen molar-refractivity contribution in [3.63, 3.8) is 0 Å². The Morgan fingerprint density at radius 2 is 2.33 bits per heavy atom. The molecule has 0 bridgehead atoms. The number of nitrogen functional groups attached to an aromatic ring is 1. The highest BCUT2D eigenvalue weighted by atomic mass is 16.2. The lowest BCUT2D eigenvalue weighted by molar-refractivity contribution is -0.119. The van der Waals surface area contributed by atoms with Crippen molar-refractivity contribution >= 4 is 17.5 Å². The van der Waals surface area contributed by atoms with Gasteiger partial charge in [0, 0.05) is 6.04 Å². The summed E-state index contributed by atoms with van der Waals surface area (Å²) in [5, 5.41) is 5.79. The first-order valence-corrected chi connectivity index (χ1v) is 5.00. The Kier molecular flexibility index (Phi) is 2.71. The molecule has 0 aliphatic heterocycles. The highest BCUT2D eigenvalue weighted by molar-refractivity contribution is 5.80. The molecule has 1 fully saturated rings. The maximum Gasteiger partial charge on any atom is 0.239 e. The third-order valence-electron chi connectivity index (χ3n) is 2.14. The number of hydrogen-bond donors (Lipinski definition) is 3. The van der Waals surface area contributed by atoms with E-state index >= 15 is 0 Å². The summed E-state index contributed by atoms with van der Waals surface area (Å²) < 4.78 is 0. The molecule has 1 heterocycles. The summed E-state index contributed by atoms with van der Waals surface area (Å²) in [5.74, 6) is 1.07. The van der Waals surface area contributed by atoms with Crippen molar-refractivity contribution in [2.24, 2.45) is 0 Å². The zero-order valence-electron chi connectivity index (χ0n) is 8.36. The quantitative estimate of drug-likeness (QED) is 0.664. The van der Waals surface area contributed by atoms with Crippen molar-refractivity contribution in [2.75, 3.05) is 17.6 Å². The molecule has 0 saturated heterocycles. The average Bonchev–Trinajstić information content (AvgIpc) is 2.99. The Morgan fingerprint density at radius 1 is 1.53 bits per heavy atom. The van der Waals surface area contributed by atoms with Gasteiger partial charge in [-0.05, 0) is 25.0 Å². The molecular formula is C10H14N4O. The number of carbonyl (C=O) groups is 1. The molecule has 0 radical (unpaired) electrons. The Morgan fingerprint density at radius 3 is 3.00 bits per heavy atom. The van der Waals surface area contributed by atoms with E-state index < -0.39 is 0 Å². The zero-order valence-corrected chi connectivity index (χ0v) is 8.36. The van der Waals surface area contributed by atoms with Crippen LogP contribution in [0.15, 0.2) is 18.2 Å². The van der Waals surface area contributed by atoms with Crippen LogP contribution in [0.4, 0.5) is 11.6 Å². The molecule has 0 spiro atoms.